The molecular weight excluding hydrogens is 698 g/mol. The third-order valence-corrected chi connectivity index (χ3v) is 10.1. The van der Waals surface area contributed by atoms with Crippen LogP contribution < -0.4 is 10.1 Å². The first-order chi connectivity index (χ1) is 19.7. The molecule has 42 heavy (non-hydrogen) atoms. The zero-order valence-corrected chi connectivity index (χ0v) is 27.0. The third-order valence-electron chi connectivity index (χ3n) is 10.1. The number of pyridine rings is 2. The largest absolute Gasteiger partial charge is 2.00 e. The summed E-state index contributed by atoms with van der Waals surface area (Å²) in [6.45, 7) is 11.5. The molecule has 2 unspecified atom stereocenters. The summed E-state index contributed by atoms with van der Waals surface area (Å²) in [6, 6.07) is 28.8. The molecule has 0 N–H and O–H groups in total. The Labute approximate surface area is 261 Å². The van der Waals surface area contributed by atoms with E-state index in [1.54, 1.807) is 0 Å². The van der Waals surface area contributed by atoms with Crippen LogP contribution in [0.25, 0.3) is 33.2 Å². The minimum Gasteiger partial charge on any atom is -0.657 e. The zero-order valence-electron chi connectivity index (χ0n) is 24.7. The van der Waals surface area contributed by atoms with Crippen molar-refractivity contribution in [2.75, 3.05) is 0 Å². The molecule has 6 aromatic rings. The van der Waals surface area contributed by atoms with Gasteiger partial charge in [-0.2, -0.15) is 0 Å². The number of nitrogens with zero attached hydrogens (tertiary/aromatic N) is 5. The average molecular weight is 733 g/mol. The van der Waals surface area contributed by atoms with E-state index < -0.39 is 0 Å². The van der Waals surface area contributed by atoms with Crippen LogP contribution in [0.4, 0.5) is 0 Å². The van der Waals surface area contributed by atoms with Crippen LogP contribution in [0.15, 0.2) is 91.1 Å². The van der Waals surface area contributed by atoms with Gasteiger partial charge in [0.05, 0.1) is 17.1 Å². The first-order valence-corrected chi connectivity index (χ1v) is 14.5. The summed E-state index contributed by atoms with van der Waals surface area (Å²) in [4.78, 5) is 14.1. The minimum atomic E-state index is -0.273. The summed E-state index contributed by atoms with van der Waals surface area (Å²) in [7, 11) is 0. The second kappa shape index (κ2) is 10.3. The molecule has 6 heteroatoms. The van der Waals surface area contributed by atoms with Crippen LogP contribution in [-0.2, 0) is 31.9 Å². The van der Waals surface area contributed by atoms with Crippen molar-refractivity contribution in [3.63, 3.8) is 0 Å². The SMILES string of the molecule is CC(C)(c1ccccn1)c1cccc(-c2[n-]nc3c2C2CCC3(C)C2(C)C)n1.[Pt+2].c1ccc2c(c1)[n-]c1ccccc12. The molecule has 2 atom stereocenters. The van der Waals surface area contributed by atoms with E-state index in [1.807, 2.05) is 30.5 Å². The molecule has 0 radical (unpaired) electrons. The predicted octanol–water partition coefficient (Wildman–Crippen LogP) is 7.94. The van der Waals surface area contributed by atoms with Crippen LogP contribution in [0.5, 0.6) is 0 Å². The van der Waals surface area contributed by atoms with Crippen LogP contribution >= 0.6 is 0 Å². The van der Waals surface area contributed by atoms with Crippen LogP contribution in [0.1, 0.15) is 76.0 Å². The monoisotopic (exact) mass is 732 g/mol. The number of rotatable bonds is 3. The van der Waals surface area contributed by atoms with E-state index in [2.05, 4.69) is 115 Å². The second-order valence-corrected chi connectivity index (χ2v) is 12.9. The van der Waals surface area contributed by atoms with Gasteiger partial charge >= 0.3 is 21.1 Å². The van der Waals surface area contributed by atoms with Gasteiger partial charge in [0.25, 0.3) is 0 Å². The van der Waals surface area contributed by atoms with E-state index in [0.29, 0.717) is 5.92 Å². The Morgan fingerprint density at radius 3 is 2.10 bits per heavy atom. The standard InChI is InChI=1S/C24H27N4.C12H8N.Pt/c1-22(2,17-10-6-7-14-25-17)18-11-8-9-16(26-18)20-19-15-12-13-24(5,23(15,3)4)21(19)28-27-20;1-3-7-11-9(5-1)10-6-2-4-8-12(10)13-11;/h6-11,14-15H,12-13H2,1-5H3;1-8H;/q2*-1;+2. The van der Waals surface area contributed by atoms with Gasteiger partial charge in [0, 0.05) is 22.7 Å². The van der Waals surface area contributed by atoms with E-state index in [1.165, 1.54) is 34.9 Å². The molecule has 0 amide bonds. The number of para-hydroxylation sites is 2. The van der Waals surface area contributed by atoms with E-state index in [0.717, 1.165) is 33.8 Å². The van der Waals surface area contributed by atoms with Crippen molar-refractivity contribution in [1.29, 1.82) is 0 Å². The van der Waals surface area contributed by atoms with Crippen LogP contribution in [0.3, 0.4) is 0 Å². The van der Waals surface area contributed by atoms with E-state index in [-0.39, 0.29) is 37.3 Å². The molecule has 214 valence electrons. The van der Waals surface area contributed by atoms with Crippen molar-refractivity contribution >= 4 is 21.8 Å². The molecule has 2 bridgehead atoms. The maximum absolute atomic E-state index is 5.05. The van der Waals surface area contributed by atoms with Crippen LogP contribution in [0, 0.1) is 5.41 Å². The summed E-state index contributed by atoms with van der Waals surface area (Å²) in [5.41, 5.74) is 8.75. The van der Waals surface area contributed by atoms with Crippen molar-refractivity contribution in [3.05, 3.63) is 114 Å². The molecule has 8 rings (SSSR count). The Morgan fingerprint density at radius 2 is 1.43 bits per heavy atom. The van der Waals surface area contributed by atoms with Crippen LogP contribution in [-0.4, -0.2) is 15.1 Å². The van der Waals surface area contributed by atoms with Crippen molar-refractivity contribution < 1.29 is 21.1 Å². The van der Waals surface area contributed by atoms with Crippen LogP contribution in [0.2, 0.25) is 0 Å². The number of hydrogen-bond donors (Lipinski definition) is 0. The summed E-state index contributed by atoms with van der Waals surface area (Å²) >= 11 is 0. The number of hydrogen-bond acceptors (Lipinski definition) is 3. The second-order valence-electron chi connectivity index (χ2n) is 12.9. The summed E-state index contributed by atoms with van der Waals surface area (Å²) < 4.78 is 0. The van der Waals surface area contributed by atoms with Gasteiger partial charge in [-0.15, -0.1) is 11.0 Å². The Kier molecular flexibility index (Phi) is 7.01. The zero-order chi connectivity index (χ0) is 28.4. The molecule has 1 fully saturated rings. The molecule has 0 saturated heterocycles. The maximum Gasteiger partial charge on any atom is 2.00 e. The minimum absolute atomic E-state index is 0. The molecule has 4 aromatic heterocycles. The van der Waals surface area contributed by atoms with E-state index in [9.17, 15) is 0 Å². The topological polar surface area (TPSA) is 66.9 Å². The fraction of sp³-hybridized carbons (Fsp3) is 0.306. The first-order valence-electron chi connectivity index (χ1n) is 14.5. The van der Waals surface area contributed by atoms with Gasteiger partial charge in [-0.05, 0) is 78.6 Å². The Hall–Kier alpha value is -3.56. The van der Waals surface area contributed by atoms with Gasteiger partial charge in [0.1, 0.15) is 0 Å². The fourth-order valence-electron chi connectivity index (χ4n) is 7.18. The molecule has 0 spiro atoms. The summed E-state index contributed by atoms with van der Waals surface area (Å²) in [5.74, 6) is 0.520. The molecule has 2 aromatic carbocycles. The molecule has 0 aliphatic heterocycles. The quantitative estimate of drug-likeness (QED) is 0.185. The maximum atomic E-state index is 5.05. The fourth-order valence-corrected chi connectivity index (χ4v) is 7.18. The number of benzene rings is 2. The van der Waals surface area contributed by atoms with Gasteiger partial charge in [-0.25, -0.2) is 0 Å². The van der Waals surface area contributed by atoms with Gasteiger partial charge in [0.2, 0.25) is 0 Å². The first kappa shape index (κ1) is 28.6. The Morgan fingerprint density at radius 1 is 0.786 bits per heavy atom. The molecule has 5 nitrogen and oxygen atoms in total. The Bertz CT molecular complexity index is 1830. The van der Waals surface area contributed by atoms with Crippen molar-refractivity contribution in [1.82, 2.24) is 25.1 Å². The van der Waals surface area contributed by atoms with Crippen molar-refractivity contribution in [2.24, 2.45) is 5.41 Å². The molecule has 4 heterocycles. The summed E-state index contributed by atoms with van der Waals surface area (Å²) in [5, 5.41) is 11.8. The third kappa shape index (κ3) is 4.20. The van der Waals surface area contributed by atoms with Crippen molar-refractivity contribution in [2.45, 2.75) is 64.2 Å². The normalized spacial score (nSPS) is 20.2. The van der Waals surface area contributed by atoms with E-state index >= 15 is 0 Å². The predicted molar refractivity (Wildman–Crippen MR) is 165 cm³/mol. The molecule has 2 aliphatic rings. The molecule has 1 saturated carbocycles. The molecule has 2 aliphatic carbocycles. The van der Waals surface area contributed by atoms with Gasteiger partial charge in [-0.1, -0.05) is 87.1 Å². The Balaban J connectivity index is 0.000000188. The van der Waals surface area contributed by atoms with Gasteiger partial charge in [0.15, 0.2) is 0 Å². The van der Waals surface area contributed by atoms with Crippen molar-refractivity contribution in [3.8, 4) is 11.4 Å². The summed E-state index contributed by atoms with van der Waals surface area (Å²) in [6.07, 6.45) is 4.27. The number of fused-ring (bicyclic) bond motifs is 8. The molecular formula is C36H35N5Pt. The average Bonchev–Trinajstić information content (AvgIpc) is 3.70. The van der Waals surface area contributed by atoms with Gasteiger partial charge < -0.3 is 15.2 Å². The van der Waals surface area contributed by atoms with Gasteiger partial charge in [-0.3, -0.25) is 9.97 Å². The number of aromatic nitrogens is 5. The smallest absolute Gasteiger partial charge is 0.657 e. The van der Waals surface area contributed by atoms with E-state index in [4.69, 9.17) is 4.98 Å².